The molecule has 9 heteroatoms. The lowest BCUT2D eigenvalue weighted by Crippen LogP contribution is -2.14. The van der Waals surface area contributed by atoms with Crippen LogP contribution in [-0.2, 0) is 10.0 Å². The van der Waals surface area contributed by atoms with Crippen LogP contribution in [0, 0.1) is 5.41 Å². The lowest BCUT2D eigenvalue weighted by Gasteiger charge is -2.28. The van der Waals surface area contributed by atoms with E-state index in [0.29, 0.717) is 10.4 Å². The van der Waals surface area contributed by atoms with E-state index in [-0.39, 0.29) is 22.0 Å². The summed E-state index contributed by atoms with van der Waals surface area (Å²) in [5.41, 5.74) is 3.96. The summed E-state index contributed by atoms with van der Waals surface area (Å²) in [7, 11) is -2.68. The van der Waals surface area contributed by atoms with Gasteiger partial charge in [0.05, 0.1) is 18.4 Å². The Morgan fingerprint density at radius 2 is 1.76 bits per heavy atom. The lowest BCUT2D eigenvalue weighted by atomic mass is 9.77. The van der Waals surface area contributed by atoms with E-state index in [4.69, 9.17) is 9.84 Å². The van der Waals surface area contributed by atoms with Crippen molar-refractivity contribution in [2.75, 3.05) is 11.8 Å². The van der Waals surface area contributed by atoms with Crippen LogP contribution in [0.4, 0.5) is 5.69 Å². The second kappa shape index (κ2) is 9.89. The SMILES string of the molecule is COc1cc(C(=O)O)ccc1NS(=O)(=O)c1csc(-c2ccc3cc(C4=CCC(C)(C)CC4)ccc3c2)n1. The molecule has 2 N–H and O–H groups in total. The van der Waals surface area contributed by atoms with Crippen molar-refractivity contribution in [3.8, 4) is 16.3 Å². The summed E-state index contributed by atoms with van der Waals surface area (Å²) < 4.78 is 33.7. The van der Waals surface area contributed by atoms with Crippen LogP contribution >= 0.6 is 11.3 Å². The number of carboxylic acid groups (broad SMARTS) is 1. The summed E-state index contributed by atoms with van der Waals surface area (Å²) in [6.07, 6.45) is 5.71. The van der Waals surface area contributed by atoms with Gasteiger partial charge in [0.1, 0.15) is 10.8 Å². The average Bonchev–Trinajstić information content (AvgIpc) is 3.40. The van der Waals surface area contributed by atoms with Gasteiger partial charge in [-0.15, -0.1) is 11.3 Å². The first-order valence-corrected chi connectivity index (χ1v) is 14.5. The number of sulfonamides is 1. The molecule has 0 radical (unpaired) electrons. The summed E-state index contributed by atoms with van der Waals surface area (Å²) in [5, 5.41) is 13.3. The van der Waals surface area contributed by atoms with E-state index in [0.717, 1.165) is 29.2 Å². The molecule has 7 nitrogen and oxygen atoms in total. The molecule has 1 aliphatic rings. The van der Waals surface area contributed by atoms with Crippen molar-refractivity contribution in [1.82, 2.24) is 4.98 Å². The largest absolute Gasteiger partial charge is 0.495 e. The number of benzene rings is 3. The third-order valence-corrected chi connectivity index (χ3v) is 9.17. The number of aromatic nitrogens is 1. The Morgan fingerprint density at radius 1 is 1.05 bits per heavy atom. The predicted octanol–water partition coefficient (Wildman–Crippen LogP) is 7.06. The van der Waals surface area contributed by atoms with Crippen molar-refractivity contribution in [2.45, 2.75) is 38.1 Å². The average molecular weight is 549 g/mol. The fraction of sp³-hybridized carbons (Fsp3) is 0.241. The molecule has 0 unspecified atom stereocenters. The quantitative estimate of drug-likeness (QED) is 0.256. The predicted molar refractivity (Wildman–Crippen MR) is 151 cm³/mol. The first-order valence-electron chi connectivity index (χ1n) is 12.2. The number of carbonyl (C=O) groups is 1. The van der Waals surface area contributed by atoms with E-state index < -0.39 is 16.0 Å². The second-order valence-electron chi connectivity index (χ2n) is 10.2. The molecule has 0 spiro atoms. The van der Waals surface area contributed by atoms with Crippen molar-refractivity contribution in [2.24, 2.45) is 5.41 Å². The molecule has 1 aromatic heterocycles. The van der Waals surface area contributed by atoms with Crippen LogP contribution in [0.3, 0.4) is 0 Å². The maximum atomic E-state index is 13.0. The number of fused-ring (bicyclic) bond motifs is 1. The number of thiazole rings is 1. The zero-order chi connectivity index (χ0) is 27.1. The zero-order valence-corrected chi connectivity index (χ0v) is 22.9. The lowest BCUT2D eigenvalue weighted by molar-refractivity contribution is 0.0696. The number of rotatable bonds is 7. The van der Waals surface area contributed by atoms with Crippen LogP contribution in [0.1, 0.15) is 49.0 Å². The Hall–Kier alpha value is -3.69. The number of aromatic carboxylic acids is 1. The first kappa shape index (κ1) is 25.9. The third-order valence-electron chi connectivity index (χ3n) is 6.88. The highest BCUT2D eigenvalue weighted by atomic mass is 32.2. The van der Waals surface area contributed by atoms with Gasteiger partial charge in [0.15, 0.2) is 5.03 Å². The molecule has 4 aromatic rings. The number of anilines is 1. The fourth-order valence-corrected chi connectivity index (χ4v) is 6.70. The highest BCUT2D eigenvalue weighted by Crippen LogP contribution is 2.39. The Labute approximate surface area is 225 Å². The van der Waals surface area contributed by atoms with Crippen LogP contribution in [0.25, 0.3) is 26.9 Å². The molecule has 0 atom stereocenters. The summed E-state index contributed by atoms with van der Waals surface area (Å²) >= 11 is 1.24. The number of ether oxygens (including phenoxy) is 1. The fourth-order valence-electron chi connectivity index (χ4n) is 4.54. The normalized spacial score (nSPS) is 15.2. The third kappa shape index (κ3) is 5.30. The molecule has 0 aliphatic heterocycles. The van der Waals surface area contributed by atoms with Gasteiger partial charge >= 0.3 is 5.97 Å². The topological polar surface area (TPSA) is 106 Å². The van der Waals surface area contributed by atoms with Crippen LogP contribution in [-0.4, -0.2) is 31.6 Å². The van der Waals surface area contributed by atoms with Gasteiger partial charge in [-0.1, -0.05) is 44.2 Å². The minimum Gasteiger partial charge on any atom is -0.495 e. The number of nitrogens with zero attached hydrogens (tertiary/aromatic N) is 1. The van der Waals surface area contributed by atoms with Gasteiger partial charge in [0, 0.05) is 10.9 Å². The molecule has 0 saturated carbocycles. The van der Waals surface area contributed by atoms with Gasteiger partial charge in [0.25, 0.3) is 10.0 Å². The van der Waals surface area contributed by atoms with Gasteiger partial charge in [-0.05, 0) is 76.9 Å². The van der Waals surface area contributed by atoms with E-state index >= 15 is 0 Å². The van der Waals surface area contributed by atoms with E-state index in [1.165, 1.54) is 59.6 Å². The Balaban J connectivity index is 1.38. The number of allylic oxidation sites excluding steroid dienone is 2. The first-order chi connectivity index (χ1) is 18.0. The zero-order valence-electron chi connectivity index (χ0n) is 21.3. The van der Waals surface area contributed by atoms with Crippen molar-refractivity contribution in [3.05, 3.63) is 77.2 Å². The van der Waals surface area contributed by atoms with E-state index in [1.54, 1.807) is 0 Å². The van der Waals surface area contributed by atoms with Crippen molar-refractivity contribution >= 4 is 49.4 Å². The number of hydrogen-bond donors (Lipinski definition) is 2. The summed E-state index contributed by atoms with van der Waals surface area (Å²) in [5.74, 6) is -1.03. The summed E-state index contributed by atoms with van der Waals surface area (Å²) in [6.45, 7) is 4.62. The van der Waals surface area contributed by atoms with Crippen LogP contribution in [0.5, 0.6) is 5.75 Å². The second-order valence-corrected chi connectivity index (χ2v) is 12.7. The number of carboxylic acids is 1. The Morgan fingerprint density at radius 3 is 2.42 bits per heavy atom. The van der Waals surface area contributed by atoms with Gasteiger partial charge in [-0.25, -0.2) is 9.78 Å². The molecule has 3 aromatic carbocycles. The van der Waals surface area contributed by atoms with E-state index in [2.05, 4.69) is 47.8 Å². The molecule has 0 amide bonds. The van der Waals surface area contributed by atoms with Crippen molar-refractivity contribution < 1.29 is 23.1 Å². The molecule has 1 aliphatic carbocycles. The minimum atomic E-state index is -4.02. The highest BCUT2D eigenvalue weighted by molar-refractivity contribution is 7.92. The van der Waals surface area contributed by atoms with Gasteiger partial charge in [-0.3, -0.25) is 4.72 Å². The Bertz CT molecular complexity index is 1690. The Kier molecular flexibility index (Phi) is 6.75. The summed E-state index contributed by atoms with van der Waals surface area (Å²) in [6, 6.07) is 16.4. The number of nitrogens with one attached hydrogen (secondary N) is 1. The molecule has 5 rings (SSSR count). The molecule has 0 fully saturated rings. The molecule has 1 heterocycles. The molecule has 0 bridgehead atoms. The van der Waals surface area contributed by atoms with Gasteiger partial charge in [0.2, 0.25) is 0 Å². The molecular formula is C29H28N2O5S2. The van der Waals surface area contributed by atoms with E-state index in [9.17, 15) is 13.2 Å². The van der Waals surface area contributed by atoms with Gasteiger partial charge < -0.3 is 9.84 Å². The van der Waals surface area contributed by atoms with Crippen LogP contribution < -0.4 is 9.46 Å². The van der Waals surface area contributed by atoms with Crippen molar-refractivity contribution in [1.29, 1.82) is 0 Å². The maximum Gasteiger partial charge on any atom is 0.335 e. The smallest absolute Gasteiger partial charge is 0.335 e. The highest BCUT2D eigenvalue weighted by Gasteiger charge is 2.23. The van der Waals surface area contributed by atoms with Crippen LogP contribution in [0.2, 0.25) is 0 Å². The van der Waals surface area contributed by atoms with E-state index in [1.807, 2.05) is 18.2 Å². The standard InChI is InChI=1S/C29H28N2O5S2/c1-29(2)12-10-18(11-13-29)19-4-5-21-15-22(7-6-20(21)14-19)27-30-26(17-37-27)38(34,35)31-24-9-8-23(28(32)33)16-25(24)36-3/h4-10,14-17,31H,11-13H2,1-3H3,(H,32,33). The summed E-state index contributed by atoms with van der Waals surface area (Å²) in [4.78, 5) is 15.6. The molecular weight excluding hydrogens is 520 g/mol. The van der Waals surface area contributed by atoms with Crippen molar-refractivity contribution in [3.63, 3.8) is 0 Å². The number of hydrogen-bond acceptors (Lipinski definition) is 6. The molecule has 0 saturated heterocycles. The molecule has 38 heavy (non-hydrogen) atoms. The van der Waals surface area contributed by atoms with Gasteiger partial charge in [-0.2, -0.15) is 8.42 Å². The minimum absolute atomic E-state index is 0.0106. The van der Waals surface area contributed by atoms with Crippen LogP contribution in [0.15, 0.2) is 71.1 Å². The molecule has 196 valence electrons. The monoisotopic (exact) mass is 548 g/mol. The number of methoxy groups -OCH3 is 1. The maximum absolute atomic E-state index is 13.0.